The molecule has 0 aromatic heterocycles. The van der Waals surface area contributed by atoms with Crippen LogP contribution in [0.1, 0.15) is 11.1 Å². The lowest BCUT2D eigenvalue weighted by Crippen LogP contribution is -2.64. The van der Waals surface area contributed by atoms with E-state index in [1.807, 2.05) is 0 Å². The largest absolute Gasteiger partial charge is 0.138 e. The van der Waals surface area contributed by atoms with Gasteiger partial charge in [0.2, 0.25) is 0 Å². The van der Waals surface area contributed by atoms with E-state index < -0.39 is 0 Å². The van der Waals surface area contributed by atoms with Crippen molar-refractivity contribution >= 4 is 110 Å². The molecule has 20 heavy (non-hydrogen) atoms. The Balaban J connectivity index is 3.71. The summed E-state index contributed by atoms with van der Waals surface area (Å²) in [5.74, 6) is 0. The second-order valence-corrected chi connectivity index (χ2v) is 6.88. The number of hydrogen-bond donors (Lipinski definition) is 0. The summed E-state index contributed by atoms with van der Waals surface area (Å²) in [6.45, 7) is 6.00. The van der Waals surface area contributed by atoms with Crippen LogP contribution in [0.2, 0.25) is 0 Å². The molecule has 0 spiro atoms. The van der Waals surface area contributed by atoms with Gasteiger partial charge >= 0.3 is 0 Å². The number of rotatable bonds is 5. The minimum absolute atomic E-state index is 0.641. The zero-order chi connectivity index (χ0) is 15.6. The first-order valence-electron chi connectivity index (χ1n) is 8.40. The van der Waals surface area contributed by atoms with Gasteiger partial charge < -0.3 is 0 Å². The Morgan fingerprint density at radius 1 is 0.900 bits per heavy atom. The zero-order valence-corrected chi connectivity index (χ0v) is 15.1. The molecule has 0 bridgehead atoms. The van der Waals surface area contributed by atoms with Crippen LogP contribution in [-0.4, -0.2) is 87.9 Å². The van der Waals surface area contributed by atoms with Gasteiger partial charge in [0.15, 0.2) is 0 Å². The Morgan fingerprint density at radius 2 is 1.45 bits per heavy atom. The highest BCUT2D eigenvalue weighted by molar-refractivity contribution is 7.70. The molecule has 0 radical (unpaired) electrons. The van der Waals surface area contributed by atoms with Gasteiger partial charge in [-0.1, -0.05) is 22.1 Å². The van der Waals surface area contributed by atoms with E-state index in [2.05, 4.69) is 68.1 Å². The fourth-order valence-corrected chi connectivity index (χ4v) is 3.57. The average Bonchev–Trinajstić information content (AvgIpc) is 2.41. The van der Waals surface area contributed by atoms with Gasteiger partial charge in [-0.3, -0.25) is 0 Å². The third-order valence-corrected chi connectivity index (χ3v) is 5.48. The molecule has 0 nitrogen and oxygen atoms in total. The SMILES string of the molecule is BBB(B)c1c(C)c(BB)c(B)c(C)c1B(B)B(B)B. The Labute approximate surface area is 135 Å². The monoisotopic (exact) mass is 250 g/mol. The van der Waals surface area contributed by atoms with Crippen molar-refractivity contribution in [3.8, 4) is 0 Å². The minimum atomic E-state index is 0.641. The van der Waals surface area contributed by atoms with Crippen molar-refractivity contribution in [3.63, 3.8) is 0 Å². The van der Waals surface area contributed by atoms with Gasteiger partial charge in [-0.15, -0.1) is 10.9 Å². The predicted octanol–water partition coefficient (Wildman–Crippen LogP) is -9.85. The first-order valence-corrected chi connectivity index (χ1v) is 8.40. The summed E-state index contributed by atoms with van der Waals surface area (Å²) in [6, 6.07) is 0. The second-order valence-electron chi connectivity index (χ2n) is 6.88. The molecule has 0 unspecified atom stereocenters. The molecule has 0 saturated carbocycles. The van der Waals surface area contributed by atoms with Crippen molar-refractivity contribution < 1.29 is 0 Å². The van der Waals surface area contributed by atoms with Crippen LogP contribution in [0.15, 0.2) is 0 Å². The molecule has 0 atom stereocenters. The van der Waals surface area contributed by atoms with E-state index in [0.29, 0.717) is 19.4 Å². The van der Waals surface area contributed by atoms with Gasteiger partial charge in [0.1, 0.15) is 15.0 Å². The molecule has 0 N–H and O–H groups in total. The van der Waals surface area contributed by atoms with Crippen LogP contribution in [-0.2, 0) is 0 Å². The molecule has 1 aromatic rings. The van der Waals surface area contributed by atoms with Crippen LogP contribution in [0.3, 0.4) is 0 Å². The van der Waals surface area contributed by atoms with Crippen molar-refractivity contribution in [1.82, 2.24) is 0 Å². The predicted molar refractivity (Wildman–Crippen MR) is 126 cm³/mol. The van der Waals surface area contributed by atoms with Crippen molar-refractivity contribution in [2.75, 3.05) is 0 Å². The zero-order valence-electron chi connectivity index (χ0n) is 15.1. The molecule has 1 rings (SSSR count). The molecule has 0 amide bonds. The molecule has 0 heterocycles. The van der Waals surface area contributed by atoms with Crippen molar-refractivity contribution in [2.24, 2.45) is 0 Å². The molecule has 0 saturated heterocycles. The van der Waals surface area contributed by atoms with Gasteiger partial charge in [0.25, 0.3) is 0 Å². The van der Waals surface area contributed by atoms with E-state index >= 15 is 0 Å². The van der Waals surface area contributed by atoms with Crippen LogP contribution < -0.4 is 21.9 Å². The second kappa shape index (κ2) is 7.32. The minimum Gasteiger partial charge on any atom is -0.103 e. The molecule has 0 aliphatic heterocycles. The van der Waals surface area contributed by atoms with E-state index in [4.69, 9.17) is 0 Å². The van der Waals surface area contributed by atoms with Gasteiger partial charge in [-0.05, 0) is 13.8 Å². The standard InChI is InChI=1S/C8H22B12/c1-3-5(9)6(16-10)4(2)7(18(12)17-11)8(3)19(13)20(14)15/h16-17H,9-15H2,1-2H3. The van der Waals surface area contributed by atoms with Gasteiger partial charge in [0.05, 0.1) is 66.5 Å². The van der Waals surface area contributed by atoms with Crippen LogP contribution in [0.25, 0.3) is 0 Å². The Kier molecular flexibility index (Phi) is 6.61. The lowest BCUT2D eigenvalue weighted by Gasteiger charge is -2.29. The third-order valence-electron chi connectivity index (χ3n) is 5.48. The van der Waals surface area contributed by atoms with E-state index in [1.54, 1.807) is 27.5 Å². The van der Waals surface area contributed by atoms with E-state index in [-0.39, 0.29) is 0 Å². The van der Waals surface area contributed by atoms with Gasteiger partial charge in [0, 0.05) is 6.39 Å². The first-order chi connectivity index (χ1) is 9.27. The lowest BCUT2D eigenvalue weighted by molar-refractivity contribution is 1.52. The summed E-state index contributed by atoms with van der Waals surface area (Å²) in [5.41, 5.74) is 9.50. The van der Waals surface area contributed by atoms with E-state index in [0.717, 1.165) is 7.17 Å². The highest BCUT2D eigenvalue weighted by Crippen LogP contribution is 1.97. The van der Waals surface area contributed by atoms with Crippen LogP contribution in [0.5, 0.6) is 0 Å². The van der Waals surface area contributed by atoms with Crippen molar-refractivity contribution in [1.29, 1.82) is 0 Å². The molecular formula is C8H22B12. The van der Waals surface area contributed by atoms with Gasteiger partial charge in [-0.25, -0.2) is 0 Å². The Bertz CT molecular complexity index is 485. The molecule has 0 aliphatic rings. The molecule has 0 aliphatic carbocycles. The quantitative estimate of drug-likeness (QED) is 0.454. The molecule has 0 fully saturated rings. The van der Waals surface area contributed by atoms with E-state index in [1.165, 1.54) is 12.5 Å². The summed E-state index contributed by atoms with van der Waals surface area (Å²) >= 11 is 0. The maximum Gasteiger partial charge on any atom is 0.138 e. The molecular weight excluding hydrogens is 226 g/mol. The van der Waals surface area contributed by atoms with Crippen molar-refractivity contribution in [3.05, 3.63) is 11.1 Å². The summed E-state index contributed by atoms with van der Waals surface area (Å²) in [5, 5.41) is 0. The third kappa shape index (κ3) is 3.25. The summed E-state index contributed by atoms with van der Waals surface area (Å²) in [4.78, 5) is 0. The normalized spacial score (nSPS) is 9.90. The van der Waals surface area contributed by atoms with Crippen LogP contribution in [0, 0.1) is 13.8 Å². The highest BCUT2D eigenvalue weighted by Gasteiger charge is 2.26. The highest BCUT2D eigenvalue weighted by atomic mass is 14.1. The molecule has 1 aromatic carbocycles. The summed E-state index contributed by atoms with van der Waals surface area (Å²) in [6.07, 6.45) is 0.697. The topological polar surface area (TPSA) is 0 Å². The molecule has 90 valence electrons. The summed E-state index contributed by atoms with van der Waals surface area (Å²) < 4.78 is 0. The number of hydrogen-bond acceptors (Lipinski definition) is 0. The first kappa shape index (κ1) is 18.0. The fourth-order valence-electron chi connectivity index (χ4n) is 3.57. The Hall–Kier alpha value is -0.000779. The van der Waals surface area contributed by atoms with Crippen LogP contribution in [0.4, 0.5) is 0 Å². The average molecular weight is 248 g/mol. The lowest BCUT2D eigenvalue weighted by atomic mass is 8.85. The van der Waals surface area contributed by atoms with Gasteiger partial charge in [-0.2, -0.15) is 0 Å². The maximum atomic E-state index is 2.41. The Morgan fingerprint density at radius 3 is 1.85 bits per heavy atom. The smallest absolute Gasteiger partial charge is 0.103 e. The summed E-state index contributed by atoms with van der Waals surface area (Å²) in [7, 11) is 18.8. The molecule has 12 heteroatoms. The maximum absolute atomic E-state index is 2.41. The van der Waals surface area contributed by atoms with Crippen LogP contribution >= 0.6 is 0 Å². The fraction of sp³-hybridized carbons (Fsp3) is 0.250. The van der Waals surface area contributed by atoms with E-state index in [9.17, 15) is 0 Å². The number of benzene rings is 1. The van der Waals surface area contributed by atoms with Crippen molar-refractivity contribution in [2.45, 2.75) is 13.8 Å².